The lowest BCUT2D eigenvalue weighted by atomic mass is 9.96. The van der Waals surface area contributed by atoms with Crippen LogP contribution in [-0.2, 0) is 14.6 Å². The van der Waals surface area contributed by atoms with Crippen LogP contribution in [-0.4, -0.2) is 20.4 Å². The van der Waals surface area contributed by atoms with Gasteiger partial charge in [-0.25, -0.2) is 8.42 Å². The standard InChI is InChI=1S/C11H14O2S2/c1-11(7-8-14-11)9-3-5-10(6-4-9)15(2,12)13/h3-6H,7-8H2,1-2H3. The quantitative estimate of drug-likeness (QED) is 0.799. The SMILES string of the molecule is CC1(c2ccc(S(C)(=O)=O)cc2)CCS1. The highest BCUT2D eigenvalue weighted by atomic mass is 32.2. The van der Waals surface area contributed by atoms with Gasteiger partial charge in [0.1, 0.15) is 0 Å². The molecule has 0 aromatic heterocycles. The van der Waals surface area contributed by atoms with Gasteiger partial charge in [0.05, 0.1) is 4.90 Å². The third kappa shape index (κ3) is 2.06. The number of hydrogen-bond acceptors (Lipinski definition) is 3. The van der Waals surface area contributed by atoms with Crippen LogP contribution in [0.15, 0.2) is 29.2 Å². The lowest BCUT2D eigenvalue weighted by Gasteiger charge is -2.38. The Morgan fingerprint density at radius 2 is 1.80 bits per heavy atom. The van der Waals surface area contributed by atoms with Crippen molar-refractivity contribution in [3.8, 4) is 0 Å². The Morgan fingerprint density at radius 1 is 1.27 bits per heavy atom. The van der Waals surface area contributed by atoms with Crippen molar-refractivity contribution in [2.24, 2.45) is 0 Å². The lowest BCUT2D eigenvalue weighted by molar-refractivity contribution is 0.601. The van der Waals surface area contributed by atoms with Crippen LogP contribution in [0.3, 0.4) is 0 Å². The average Bonchev–Trinajstić information content (AvgIpc) is 2.13. The van der Waals surface area contributed by atoms with E-state index in [0.717, 1.165) is 0 Å². The molecule has 1 atom stereocenters. The Labute approximate surface area is 95.0 Å². The molecule has 1 heterocycles. The molecule has 15 heavy (non-hydrogen) atoms. The molecular weight excluding hydrogens is 228 g/mol. The summed E-state index contributed by atoms with van der Waals surface area (Å²) in [6, 6.07) is 7.27. The first-order valence-electron chi connectivity index (χ1n) is 4.86. The van der Waals surface area contributed by atoms with E-state index in [1.807, 2.05) is 23.9 Å². The topological polar surface area (TPSA) is 34.1 Å². The smallest absolute Gasteiger partial charge is 0.175 e. The largest absolute Gasteiger partial charge is 0.224 e. The highest BCUT2D eigenvalue weighted by Crippen LogP contribution is 2.48. The van der Waals surface area contributed by atoms with E-state index >= 15 is 0 Å². The summed E-state index contributed by atoms with van der Waals surface area (Å²) < 4.78 is 22.7. The van der Waals surface area contributed by atoms with Crippen LogP contribution >= 0.6 is 11.8 Å². The predicted molar refractivity (Wildman–Crippen MR) is 64.0 cm³/mol. The van der Waals surface area contributed by atoms with Gasteiger partial charge >= 0.3 is 0 Å². The van der Waals surface area contributed by atoms with Gasteiger partial charge in [0, 0.05) is 11.0 Å². The van der Waals surface area contributed by atoms with E-state index in [1.165, 1.54) is 24.0 Å². The normalized spacial score (nSPS) is 26.0. The monoisotopic (exact) mass is 242 g/mol. The van der Waals surface area contributed by atoms with E-state index in [1.54, 1.807) is 12.1 Å². The van der Waals surface area contributed by atoms with Crippen molar-refractivity contribution in [1.82, 2.24) is 0 Å². The second-order valence-corrected chi connectivity index (χ2v) is 7.74. The molecule has 4 heteroatoms. The zero-order valence-corrected chi connectivity index (χ0v) is 10.5. The Balaban J connectivity index is 2.32. The van der Waals surface area contributed by atoms with Gasteiger partial charge in [0.25, 0.3) is 0 Å². The zero-order chi connectivity index (χ0) is 11.1. The molecule has 1 saturated heterocycles. The molecule has 1 fully saturated rings. The molecular formula is C11H14O2S2. The summed E-state index contributed by atoms with van der Waals surface area (Å²) in [6.45, 7) is 2.20. The maximum absolute atomic E-state index is 11.3. The molecule has 2 nitrogen and oxygen atoms in total. The van der Waals surface area contributed by atoms with Gasteiger partial charge in [-0.3, -0.25) is 0 Å². The van der Waals surface area contributed by atoms with E-state index in [4.69, 9.17) is 0 Å². The molecule has 1 aliphatic heterocycles. The van der Waals surface area contributed by atoms with Gasteiger partial charge in [-0.15, -0.1) is 0 Å². The molecule has 2 rings (SSSR count). The first-order valence-corrected chi connectivity index (χ1v) is 7.74. The Kier molecular flexibility index (Phi) is 2.59. The minimum atomic E-state index is -3.06. The van der Waals surface area contributed by atoms with Crippen LogP contribution in [0.25, 0.3) is 0 Å². The van der Waals surface area contributed by atoms with E-state index in [0.29, 0.717) is 4.90 Å². The van der Waals surface area contributed by atoms with Gasteiger partial charge in [-0.05, 0) is 36.8 Å². The first kappa shape index (κ1) is 11.0. The van der Waals surface area contributed by atoms with Gasteiger partial charge in [-0.1, -0.05) is 12.1 Å². The Hall–Kier alpha value is -0.480. The minimum Gasteiger partial charge on any atom is -0.224 e. The van der Waals surface area contributed by atoms with E-state index in [2.05, 4.69) is 6.92 Å². The van der Waals surface area contributed by atoms with Crippen molar-refractivity contribution in [3.05, 3.63) is 29.8 Å². The maximum Gasteiger partial charge on any atom is 0.175 e. The van der Waals surface area contributed by atoms with Gasteiger partial charge < -0.3 is 0 Å². The van der Waals surface area contributed by atoms with E-state index in [-0.39, 0.29) is 4.75 Å². The van der Waals surface area contributed by atoms with Crippen LogP contribution in [0, 0.1) is 0 Å². The fourth-order valence-corrected chi connectivity index (χ4v) is 3.44. The fraction of sp³-hybridized carbons (Fsp3) is 0.455. The minimum absolute atomic E-state index is 0.204. The molecule has 0 amide bonds. The van der Waals surface area contributed by atoms with Crippen LogP contribution in [0.5, 0.6) is 0 Å². The third-order valence-corrected chi connectivity index (χ3v) is 5.51. The first-order chi connectivity index (χ1) is 6.92. The van der Waals surface area contributed by atoms with Crippen LogP contribution in [0.2, 0.25) is 0 Å². The number of hydrogen-bond donors (Lipinski definition) is 0. The average molecular weight is 242 g/mol. The zero-order valence-electron chi connectivity index (χ0n) is 8.86. The molecule has 0 bridgehead atoms. The number of benzene rings is 1. The molecule has 1 aliphatic rings. The van der Waals surface area contributed by atoms with Crippen LogP contribution < -0.4 is 0 Å². The molecule has 0 spiro atoms. The molecule has 1 unspecified atom stereocenters. The summed E-state index contributed by atoms with van der Waals surface area (Å²) in [7, 11) is -3.06. The van der Waals surface area contributed by atoms with Crippen molar-refractivity contribution >= 4 is 21.6 Å². The number of sulfone groups is 1. The molecule has 1 aromatic carbocycles. The molecule has 0 saturated carbocycles. The molecule has 1 aromatic rings. The van der Waals surface area contributed by atoms with Crippen molar-refractivity contribution in [2.75, 3.05) is 12.0 Å². The fourth-order valence-electron chi connectivity index (χ4n) is 1.69. The van der Waals surface area contributed by atoms with E-state index in [9.17, 15) is 8.42 Å². The third-order valence-electron chi connectivity index (χ3n) is 2.89. The highest BCUT2D eigenvalue weighted by Gasteiger charge is 2.34. The van der Waals surface area contributed by atoms with Crippen molar-refractivity contribution < 1.29 is 8.42 Å². The predicted octanol–water partition coefficient (Wildman–Crippen LogP) is 2.44. The summed E-state index contributed by atoms with van der Waals surface area (Å²) in [5.74, 6) is 1.20. The Bertz CT molecular complexity index is 456. The second kappa shape index (κ2) is 3.52. The van der Waals surface area contributed by atoms with E-state index < -0.39 is 9.84 Å². The summed E-state index contributed by atoms with van der Waals surface area (Å²) in [5, 5.41) is 0. The van der Waals surface area contributed by atoms with Crippen molar-refractivity contribution in [3.63, 3.8) is 0 Å². The summed E-state index contributed by atoms with van der Waals surface area (Å²) in [5.41, 5.74) is 1.23. The highest BCUT2D eigenvalue weighted by molar-refractivity contribution is 8.01. The number of thioether (sulfide) groups is 1. The van der Waals surface area contributed by atoms with Crippen LogP contribution in [0.1, 0.15) is 18.9 Å². The summed E-state index contributed by atoms with van der Waals surface area (Å²) in [4.78, 5) is 0.402. The lowest BCUT2D eigenvalue weighted by Crippen LogP contribution is -2.27. The molecule has 0 aliphatic carbocycles. The Morgan fingerprint density at radius 3 is 2.13 bits per heavy atom. The molecule has 0 N–H and O–H groups in total. The second-order valence-electron chi connectivity index (χ2n) is 4.13. The molecule has 82 valence electrons. The summed E-state index contributed by atoms with van der Waals surface area (Å²) >= 11 is 1.92. The maximum atomic E-state index is 11.3. The van der Waals surface area contributed by atoms with Crippen molar-refractivity contribution in [1.29, 1.82) is 0 Å². The van der Waals surface area contributed by atoms with Gasteiger partial charge in [0.2, 0.25) is 0 Å². The molecule has 0 radical (unpaired) electrons. The summed E-state index contributed by atoms with van der Waals surface area (Å²) in [6.07, 6.45) is 2.41. The number of rotatable bonds is 2. The van der Waals surface area contributed by atoms with Crippen molar-refractivity contribution in [2.45, 2.75) is 23.0 Å². The van der Waals surface area contributed by atoms with Crippen LogP contribution in [0.4, 0.5) is 0 Å². The van der Waals surface area contributed by atoms with Gasteiger partial charge in [0.15, 0.2) is 9.84 Å². The van der Waals surface area contributed by atoms with Gasteiger partial charge in [-0.2, -0.15) is 11.8 Å².